The van der Waals surface area contributed by atoms with Gasteiger partial charge in [0.05, 0.1) is 0 Å². The van der Waals surface area contributed by atoms with Crippen molar-refractivity contribution in [2.24, 2.45) is 5.92 Å². The molecule has 0 aromatic rings. The summed E-state index contributed by atoms with van der Waals surface area (Å²) in [5.41, 5.74) is 0. The maximum Gasteiger partial charge on any atom is 0.279 e. The van der Waals surface area contributed by atoms with E-state index < -0.39 is 10.2 Å². The third-order valence-electron chi connectivity index (χ3n) is 3.09. The molecular formula is C10H24ClN3O2S. The molecule has 1 aliphatic heterocycles. The van der Waals surface area contributed by atoms with Crippen LogP contribution in [-0.4, -0.2) is 45.9 Å². The molecule has 0 aliphatic carbocycles. The van der Waals surface area contributed by atoms with Crippen molar-refractivity contribution in [3.05, 3.63) is 0 Å². The summed E-state index contributed by atoms with van der Waals surface area (Å²) in [5, 5.41) is 3.33. The van der Waals surface area contributed by atoms with Crippen molar-refractivity contribution < 1.29 is 8.42 Å². The SMILES string of the molecule is CCN(C)S(=O)(=O)NCCC1CCCNC1.Cl. The van der Waals surface area contributed by atoms with Crippen LogP contribution in [-0.2, 0) is 10.2 Å². The Labute approximate surface area is 111 Å². The Kier molecular flexibility index (Phi) is 8.32. The maximum absolute atomic E-state index is 11.6. The maximum atomic E-state index is 11.6. The third-order valence-corrected chi connectivity index (χ3v) is 4.74. The highest BCUT2D eigenvalue weighted by Crippen LogP contribution is 2.13. The molecule has 1 atom stereocenters. The van der Waals surface area contributed by atoms with Crippen LogP contribution in [0.1, 0.15) is 26.2 Å². The number of nitrogens with zero attached hydrogens (tertiary/aromatic N) is 1. The van der Waals surface area contributed by atoms with Crippen LogP contribution in [0.2, 0.25) is 0 Å². The van der Waals surface area contributed by atoms with Gasteiger partial charge >= 0.3 is 0 Å². The van der Waals surface area contributed by atoms with Crippen LogP contribution in [0.25, 0.3) is 0 Å². The van der Waals surface area contributed by atoms with Crippen molar-refractivity contribution in [2.75, 3.05) is 33.2 Å². The van der Waals surface area contributed by atoms with E-state index in [2.05, 4.69) is 10.0 Å². The Morgan fingerprint density at radius 1 is 1.47 bits per heavy atom. The zero-order valence-corrected chi connectivity index (χ0v) is 12.2. The van der Waals surface area contributed by atoms with E-state index in [0.717, 1.165) is 19.5 Å². The van der Waals surface area contributed by atoms with E-state index in [9.17, 15) is 8.42 Å². The number of nitrogens with one attached hydrogen (secondary N) is 2. The molecule has 0 radical (unpaired) electrons. The molecule has 1 rings (SSSR count). The van der Waals surface area contributed by atoms with Gasteiger partial charge in [0.25, 0.3) is 10.2 Å². The summed E-state index contributed by atoms with van der Waals surface area (Å²) < 4.78 is 27.2. The molecule has 0 amide bonds. The molecule has 2 N–H and O–H groups in total. The van der Waals surface area contributed by atoms with Gasteiger partial charge in [0.1, 0.15) is 0 Å². The minimum Gasteiger partial charge on any atom is -0.316 e. The average molecular weight is 286 g/mol. The second-order valence-electron chi connectivity index (χ2n) is 4.31. The lowest BCUT2D eigenvalue weighted by molar-refractivity contribution is 0.356. The molecule has 5 nitrogen and oxygen atoms in total. The fraction of sp³-hybridized carbons (Fsp3) is 1.00. The van der Waals surface area contributed by atoms with Gasteiger partial charge in [-0.05, 0) is 38.3 Å². The van der Waals surface area contributed by atoms with Gasteiger partial charge in [-0.3, -0.25) is 0 Å². The lowest BCUT2D eigenvalue weighted by Crippen LogP contribution is -2.39. The van der Waals surface area contributed by atoms with Gasteiger partial charge in [-0.1, -0.05) is 6.92 Å². The normalized spacial score (nSPS) is 21.2. The molecule has 104 valence electrons. The van der Waals surface area contributed by atoms with Crippen molar-refractivity contribution in [3.8, 4) is 0 Å². The predicted molar refractivity (Wildman–Crippen MR) is 72.7 cm³/mol. The van der Waals surface area contributed by atoms with Crippen LogP contribution in [0, 0.1) is 5.92 Å². The van der Waals surface area contributed by atoms with E-state index in [1.807, 2.05) is 6.92 Å². The number of halogens is 1. The summed E-state index contributed by atoms with van der Waals surface area (Å²) >= 11 is 0. The standard InChI is InChI=1S/C10H23N3O2S.ClH/c1-3-13(2)16(14,15)12-8-6-10-5-4-7-11-9-10;/h10-12H,3-9H2,1-2H3;1H. The Morgan fingerprint density at radius 2 is 2.18 bits per heavy atom. The van der Waals surface area contributed by atoms with Gasteiger partial charge in [0, 0.05) is 20.1 Å². The third kappa shape index (κ3) is 6.01. The van der Waals surface area contributed by atoms with E-state index in [0.29, 0.717) is 19.0 Å². The highest BCUT2D eigenvalue weighted by molar-refractivity contribution is 7.87. The first-order valence-electron chi connectivity index (χ1n) is 5.98. The first kappa shape index (κ1) is 17.1. The Morgan fingerprint density at radius 3 is 2.71 bits per heavy atom. The Bertz CT molecular complexity index is 292. The molecule has 1 aliphatic rings. The van der Waals surface area contributed by atoms with Crippen molar-refractivity contribution >= 4 is 22.6 Å². The van der Waals surface area contributed by atoms with E-state index in [1.54, 1.807) is 7.05 Å². The molecule has 0 aromatic carbocycles. The van der Waals surface area contributed by atoms with Gasteiger partial charge in [-0.15, -0.1) is 12.4 Å². The zero-order chi connectivity index (χ0) is 12.0. The van der Waals surface area contributed by atoms with E-state index in [1.165, 1.54) is 17.1 Å². The molecule has 17 heavy (non-hydrogen) atoms. The summed E-state index contributed by atoms with van der Waals surface area (Å²) in [4.78, 5) is 0. The molecule has 0 saturated carbocycles. The van der Waals surface area contributed by atoms with Crippen molar-refractivity contribution in [1.82, 2.24) is 14.3 Å². The first-order valence-corrected chi connectivity index (χ1v) is 7.42. The van der Waals surface area contributed by atoms with E-state index in [-0.39, 0.29) is 12.4 Å². The lowest BCUT2D eigenvalue weighted by Gasteiger charge is -2.23. The largest absolute Gasteiger partial charge is 0.316 e. The van der Waals surface area contributed by atoms with Crippen LogP contribution in [0.4, 0.5) is 0 Å². The minimum atomic E-state index is -3.25. The Balaban J connectivity index is 0.00000256. The van der Waals surface area contributed by atoms with Gasteiger partial charge < -0.3 is 5.32 Å². The summed E-state index contributed by atoms with van der Waals surface area (Å²) in [7, 11) is -1.66. The molecule has 1 fully saturated rings. The summed E-state index contributed by atoms with van der Waals surface area (Å²) in [6.45, 7) is 4.98. The fourth-order valence-corrected chi connectivity index (χ4v) is 2.78. The number of rotatable bonds is 6. The summed E-state index contributed by atoms with van der Waals surface area (Å²) in [6.07, 6.45) is 3.33. The first-order chi connectivity index (χ1) is 7.56. The van der Waals surface area contributed by atoms with Gasteiger partial charge in [-0.25, -0.2) is 4.72 Å². The molecule has 0 bridgehead atoms. The molecule has 1 heterocycles. The quantitative estimate of drug-likeness (QED) is 0.751. The monoisotopic (exact) mass is 285 g/mol. The summed E-state index contributed by atoms with van der Waals surface area (Å²) in [6, 6.07) is 0. The predicted octanol–water partition coefficient (Wildman–Crippen LogP) is 0.584. The van der Waals surface area contributed by atoms with Gasteiger partial charge in [0.15, 0.2) is 0 Å². The summed E-state index contributed by atoms with van der Waals surface area (Å²) in [5.74, 6) is 0.614. The Hall–Kier alpha value is 0.120. The van der Waals surface area contributed by atoms with Crippen LogP contribution >= 0.6 is 12.4 Å². The zero-order valence-electron chi connectivity index (χ0n) is 10.6. The molecule has 7 heteroatoms. The second kappa shape index (κ2) is 8.26. The number of hydrogen-bond donors (Lipinski definition) is 2. The highest BCUT2D eigenvalue weighted by Gasteiger charge is 2.17. The molecule has 0 spiro atoms. The van der Waals surface area contributed by atoms with Gasteiger partial charge in [0.2, 0.25) is 0 Å². The molecule has 1 unspecified atom stereocenters. The van der Waals surface area contributed by atoms with Crippen molar-refractivity contribution in [3.63, 3.8) is 0 Å². The highest BCUT2D eigenvalue weighted by atomic mass is 35.5. The topological polar surface area (TPSA) is 61.4 Å². The number of hydrogen-bond acceptors (Lipinski definition) is 3. The minimum absolute atomic E-state index is 0. The van der Waals surface area contributed by atoms with E-state index >= 15 is 0 Å². The van der Waals surface area contributed by atoms with Crippen LogP contribution < -0.4 is 10.0 Å². The smallest absolute Gasteiger partial charge is 0.279 e. The second-order valence-corrected chi connectivity index (χ2v) is 6.18. The molecule has 0 aromatic heterocycles. The van der Waals surface area contributed by atoms with E-state index in [4.69, 9.17) is 0 Å². The lowest BCUT2D eigenvalue weighted by atomic mass is 9.96. The number of piperidine rings is 1. The fourth-order valence-electron chi connectivity index (χ4n) is 1.84. The van der Waals surface area contributed by atoms with Crippen molar-refractivity contribution in [2.45, 2.75) is 26.2 Å². The van der Waals surface area contributed by atoms with Crippen LogP contribution in [0.3, 0.4) is 0 Å². The van der Waals surface area contributed by atoms with Crippen LogP contribution in [0.15, 0.2) is 0 Å². The average Bonchev–Trinajstić information content (AvgIpc) is 2.29. The van der Waals surface area contributed by atoms with Crippen molar-refractivity contribution in [1.29, 1.82) is 0 Å². The molecular weight excluding hydrogens is 262 g/mol. The molecule has 1 saturated heterocycles. The van der Waals surface area contributed by atoms with Gasteiger partial charge in [-0.2, -0.15) is 12.7 Å². The van der Waals surface area contributed by atoms with Crippen LogP contribution in [0.5, 0.6) is 0 Å².